The van der Waals surface area contributed by atoms with E-state index in [2.05, 4.69) is 17.3 Å². The molecule has 7 heteroatoms. The van der Waals surface area contributed by atoms with Crippen molar-refractivity contribution in [1.82, 2.24) is 9.47 Å². The summed E-state index contributed by atoms with van der Waals surface area (Å²) in [7, 11) is 2.14. The third-order valence-electron chi connectivity index (χ3n) is 7.24. The zero-order valence-electron chi connectivity index (χ0n) is 19.1. The lowest BCUT2D eigenvalue weighted by atomic mass is 10.0. The number of pyridine rings is 1. The van der Waals surface area contributed by atoms with E-state index in [1.54, 1.807) is 6.20 Å². The lowest BCUT2D eigenvalue weighted by molar-refractivity contribution is 0.301. The number of rotatable bonds is 5. The van der Waals surface area contributed by atoms with E-state index >= 15 is 4.39 Å². The third kappa shape index (κ3) is 3.27. The van der Waals surface area contributed by atoms with Gasteiger partial charge in [0.2, 0.25) is 0 Å². The number of nitrogens with one attached hydrogen (secondary N) is 1. The van der Waals surface area contributed by atoms with Crippen LogP contribution in [0.3, 0.4) is 0 Å². The smallest absolute Gasteiger partial charge is 0.194 e. The molecule has 0 radical (unpaired) electrons. The Morgan fingerprint density at radius 3 is 2.74 bits per heavy atom. The zero-order chi connectivity index (χ0) is 23.4. The molecule has 0 spiro atoms. The summed E-state index contributed by atoms with van der Waals surface area (Å²) in [6.45, 7) is 1.79. The molecule has 4 aromatic rings. The quantitative estimate of drug-likeness (QED) is 0.398. The second kappa shape index (κ2) is 8.11. The molecule has 1 atom stereocenters. The van der Waals surface area contributed by atoms with Gasteiger partial charge in [0.1, 0.15) is 11.2 Å². The van der Waals surface area contributed by atoms with Crippen molar-refractivity contribution in [1.29, 1.82) is 0 Å². The minimum absolute atomic E-state index is 0.0738. The van der Waals surface area contributed by atoms with Crippen LogP contribution >= 0.6 is 0 Å². The second-order valence-corrected chi connectivity index (χ2v) is 9.28. The van der Waals surface area contributed by atoms with Crippen LogP contribution in [0.1, 0.15) is 24.8 Å². The van der Waals surface area contributed by atoms with Gasteiger partial charge < -0.3 is 25.3 Å². The van der Waals surface area contributed by atoms with Crippen molar-refractivity contribution in [2.75, 3.05) is 25.5 Å². The van der Waals surface area contributed by atoms with Gasteiger partial charge in [-0.25, -0.2) is 4.39 Å². The third-order valence-corrected chi connectivity index (χ3v) is 7.24. The highest BCUT2D eigenvalue weighted by Crippen LogP contribution is 2.46. The maximum absolute atomic E-state index is 15.4. The van der Waals surface area contributed by atoms with Crippen LogP contribution in [0.15, 0.2) is 53.5 Å². The number of hydrogen-bond acceptors (Lipinski definition) is 5. The number of hydrogen-bond donors (Lipinski definition) is 2. The Morgan fingerprint density at radius 1 is 1.21 bits per heavy atom. The first-order chi connectivity index (χ1) is 16.5. The Kier molecular flexibility index (Phi) is 5.04. The topological polar surface area (TPSA) is 72.5 Å². The molecular formula is C27H27FN4O2. The first-order valence-corrected chi connectivity index (χ1v) is 11.8. The van der Waals surface area contributed by atoms with Gasteiger partial charge in [-0.15, -0.1) is 0 Å². The van der Waals surface area contributed by atoms with Gasteiger partial charge >= 0.3 is 0 Å². The van der Waals surface area contributed by atoms with Gasteiger partial charge in [-0.05, 0) is 61.8 Å². The van der Waals surface area contributed by atoms with Crippen LogP contribution in [0.5, 0.6) is 11.5 Å². The molecular weight excluding hydrogens is 431 g/mol. The maximum atomic E-state index is 15.4. The first-order valence-electron chi connectivity index (χ1n) is 11.8. The summed E-state index contributed by atoms with van der Waals surface area (Å²) in [5.41, 5.74) is 7.71. The van der Waals surface area contributed by atoms with Crippen LogP contribution < -0.4 is 21.2 Å². The van der Waals surface area contributed by atoms with Gasteiger partial charge in [-0.3, -0.25) is 4.79 Å². The first kappa shape index (κ1) is 21.1. The summed E-state index contributed by atoms with van der Waals surface area (Å²) >= 11 is 0. The van der Waals surface area contributed by atoms with Crippen LogP contribution in [-0.2, 0) is 6.54 Å². The van der Waals surface area contributed by atoms with Crippen LogP contribution in [-0.4, -0.2) is 35.6 Å². The maximum Gasteiger partial charge on any atom is 0.194 e. The van der Waals surface area contributed by atoms with E-state index in [1.807, 2.05) is 41.0 Å². The van der Waals surface area contributed by atoms with Crippen LogP contribution in [0.25, 0.3) is 27.4 Å². The van der Waals surface area contributed by atoms with Gasteiger partial charge in [-0.2, -0.15) is 0 Å². The van der Waals surface area contributed by atoms with Gasteiger partial charge in [0, 0.05) is 30.9 Å². The summed E-state index contributed by atoms with van der Waals surface area (Å²) in [5.74, 6) is 0.464. The van der Waals surface area contributed by atoms with Gasteiger partial charge in [0.05, 0.1) is 11.1 Å². The number of likely N-dealkylation sites (tertiary alicyclic amines) is 1. The molecule has 0 saturated carbocycles. The summed E-state index contributed by atoms with van der Waals surface area (Å²) in [6, 6.07) is 13.8. The molecule has 6 rings (SSSR count). The van der Waals surface area contributed by atoms with Gasteiger partial charge in [0.15, 0.2) is 22.7 Å². The summed E-state index contributed by atoms with van der Waals surface area (Å²) < 4.78 is 23.7. The lowest BCUT2D eigenvalue weighted by Gasteiger charge is -2.27. The summed E-state index contributed by atoms with van der Waals surface area (Å²) in [6.07, 6.45) is 5.02. The van der Waals surface area contributed by atoms with Crippen molar-refractivity contribution in [3.05, 3.63) is 70.3 Å². The molecule has 0 bridgehead atoms. The number of anilines is 1. The molecule has 6 nitrogen and oxygen atoms in total. The molecule has 1 fully saturated rings. The predicted molar refractivity (Wildman–Crippen MR) is 134 cm³/mol. The van der Waals surface area contributed by atoms with Crippen molar-refractivity contribution in [2.45, 2.75) is 31.8 Å². The Morgan fingerprint density at radius 2 is 2.00 bits per heavy atom. The monoisotopic (exact) mass is 458 g/mol. The number of nitrogens with zero attached hydrogens (tertiary/aromatic N) is 2. The average Bonchev–Trinajstić information content (AvgIpc) is 3.25. The van der Waals surface area contributed by atoms with Crippen LogP contribution in [0.2, 0.25) is 0 Å². The lowest BCUT2D eigenvalue weighted by Crippen LogP contribution is -2.27. The van der Waals surface area contributed by atoms with E-state index < -0.39 is 5.82 Å². The molecule has 2 aliphatic heterocycles. The highest BCUT2D eigenvalue weighted by Gasteiger charge is 2.28. The average molecular weight is 459 g/mol. The van der Waals surface area contributed by atoms with Crippen molar-refractivity contribution < 1.29 is 9.13 Å². The van der Waals surface area contributed by atoms with Gasteiger partial charge in [0.25, 0.3) is 0 Å². The fraction of sp³-hybridized carbons (Fsp3) is 0.296. The van der Waals surface area contributed by atoms with E-state index in [4.69, 9.17) is 10.5 Å². The molecule has 3 aromatic carbocycles. The van der Waals surface area contributed by atoms with Crippen molar-refractivity contribution >= 4 is 27.4 Å². The molecule has 2 aliphatic rings. The predicted octanol–water partition coefficient (Wildman–Crippen LogP) is 4.74. The van der Waals surface area contributed by atoms with E-state index in [0.717, 1.165) is 35.8 Å². The van der Waals surface area contributed by atoms with Crippen molar-refractivity contribution in [3.63, 3.8) is 0 Å². The van der Waals surface area contributed by atoms with Crippen molar-refractivity contribution in [3.8, 4) is 17.2 Å². The second-order valence-electron chi connectivity index (χ2n) is 9.28. The Balaban J connectivity index is 1.52. The Labute approximate surface area is 196 Å². The van der Waals surface area contributed by atoms with Gasteiger partial charge in [-0.1, -0.05) is 24.3 Å². The molecule has 1 saturated heterocycles. The molecule has 34 heavy (non-hydrogen) atoms. The highest BCUT2D eigenvalue weighted by molar-refractivity contribution is 5.96. The normalized spacial score (nSPS) is 17.2. The fourth-order valence-corrected chi connectivity index (χ4v) is 5.38. The molecule has 3 N–H and O–H groups in total. The number of halogens is 1. The van der Waals surface area contributed by atoms with Crippen LogP contribution in [0.4, 0.5) is 10.1 Å². The molecule has 0 aliphatic carbocycles. The van der Waals surface area contributed by atoms with E-state index in [1.165, 1.54) is 12.5 Å². The van der Waals surface area contributed by atoms with Crippen LogP contribution in [0, 0.1) is 5.82 Å². The molecule has 0 amide bonds. The van der Waals surface area contributed by atoms with E-state index in [-0.39, 0.29) is 17.4 Å². The SMILES string of the molecule is CN1CCCC1CCNc1c(F)cc2c(=O)c(CN)cn3c2c1Oc1cc2ccccc2cc1-3. The number of ether oxygens (including phenoxy) is 1. The Bertz CT molecular complexity index is 1500. The molecule has 1 aromatic heterocycles. The minimum atomic E-state index is -0.496. The number of benzene rings is 3. The molecule has 1 unspecified atom stereocenters. The number of fused-ring (bicyclic) bond motifs is 3. The fourth-order valence-electron chi connectivity index (χ4n) is 5.38. The molecule has 174 valence electrons. The zero-order valence-corrected chi connectivity index (χ0v) is 19.1. The van der Waals surface area contributed by atoms with E-state index in [0.29, 0.717) is 40.9 Å². The molecule has 3 heterocycles. The van der Waals surface area contributed by atoms with Crippen molar-refractivity contribution in [2.24, 2.45) is 5.73 Å². The highest BCUT2D eigenvalue weighted by atomic mass is 19.1. The largest absolute Gasteiger partial charge is 0.451 e. The number of nitrogens with two attached hydrogens (primary N) is 1. The van der Waals surface area contributed by atoms with E-state index in [9.17, 15) is 4.79 Å². The summed E-state index contributed by atoms with van der Waals surface area (Å²) in [4.78, 5) is 15.4. The minimum Gasteiger partial charge on any atom is -0.451 e. The standard InChI is InChI=1S/C27H27FN4O2/c1-31-10-4-7-19(31)8-9-30-24-21(28)13-20-25-27(24)34-23-12-17-6-3-2-5-16(17)11-22(23)32(25)15-18(14-29)26(20)33/h2-3,5-6,11-13,15,19,30H,4,7-10,14,29H2,1H3. The Hall–Kier alpha value is -3.42. The number of aromatic nitrogens is 1. The summed E-state index contributed by atoms with van der Waals surface area (Å²) in [5, 5.41) is 5.63.